The lowest BCUT2D eigenvalue weighted by Crippen LogP contribution is -2.21. The summed E-state index contributed by atoms with van der Waals surface area (Å²) in [7, 11) is 3.92. The second-order valence-electron chi connectivity index (χ2n) is 5.65. The molecule has 0 aliphatic carbocycles. The van der Waals surface area contributed by atoms with Crippen molar-refractivity contribution >= 4 is 28.9 Å². The van der Waals surface area contributed by atoms with E-state index in [0.29, 0.717) is 12.1 Å². The molecule has 0 spiro atoms. The molecule has 0 atom stereocenters. The van der Waals surface area contributed by atoms with Gasteiger partial charge in [0.2, 0.25) is 11.8 Å². The molecule has 0 radical (unpaired) electrons. The number of hydrazone groups is 1. The fourth-order valence-corrected chi connectivity index (χ4v) is 1.87. The average Bonchev–Trinajstić information content (AvgIpc) is 2.51. The Morgan fingerprint density at radius 3 is 2.35 bits per heavy atom. The van der Waals surface area contributed by atoms with Crippen LogP contribution in [0, 0.1) is 0 Å². The predicted octanol–water partition coefficient (Wildman–Crippen LogP) is 2.76. The molecule has 1 rings (SSSR count). The van der Waals surface area contributed by atoms with Crippen molar-refractivity contribution in [1.29, 1.82) is 0 Å². The fraction of sp³-hybridized carbons (Fsp3) is 0.471. The Morgan fingerprint density at radius 2 is 1.78 bits per heavy atom. The first-order valence-corrected chi connectivity index (χ1v) is 7.81. The number of nitrogens with one attached hydrogen (secondary N) is 2. The minimum atomic E-state index is -0.160. The number of amides is 2. The van der Waals surface area contributed by atoms with E-state index in [4.69, 9.17) is 0 Å². The molecular formula is C17H26N4O2. The van der Waals surface area contributed by atoms with Gasteiger partial charge in [-0.3, -0.25) is 9.59 Å². The van der Waals surface area contributed by atoms with Crippen LogP contribution in [0.5, 0.6) is 0 Å². The van der Waals surface area contributed by atoms with Crippen molar-refractivity contribution in [3.05, 3.63) is 24.3 Å². The first kappa shape index (κ1) is 18.7. The van der Waals surface area contributed by atoms with Crippen LogP contribution in [-0.2, 0) is 9.59 Å². The first-order valence-electron chi connectivity index (χ1n) is 7.81. The topological polar surface area (TPSA) is 73.8 Å². The SMILES string of the molecule is CCCCC(=O)NN=C(C)CC(=O)Nc1ccc(N(C)C)cc1. The van der Waals surface area contributed by atoms with Gasteiger partial charge in [0.25, 0.3) is 0 Å². The molecule has 0 unspecified atom stereocenters. The highest BCUT2D eigenvalue weighted by Crippen LogP contribution is 2.15. The molecule has 0 bridgehead atoms. The number of hydrogen-bond donors (Lipinski definition) is 2. The molecular weight excluding hydrogens is 292 g/mol. The molecule has 2 N–H and O–H groups in total. The first-order chi connectivity index (χ1) is 10.9. The van der Waals surface area contributed by atoms with Crippen LogP contribution < -0.4 is 15.6 Å². The minimum Gasteiger partial charge on any atom is -0.378 e. The largest absolute Gasteiger partial charge is 0.378 e. The molecule has 6 heteroatoms. The van der Waals surface area contributed by atoms with Gasteiger partial charge < -0.3 is 10.2 Å². The Labute approximate surface area is 137 Å². The van der Waals surface area contributed by atoms with Crippen molar-refractivity contribution < 1.29 is 9.59 Å². The Balaban J connectivity index is 2.44. The summed E-state index contributed by atoms with van der Waals surface area (Å²) in [5, 5.41) is 6.76. The molecule has 6 nitrogen and oxygen atoms in total. The summed E-state index contributed by atoms with van der Waals surface area (Å²) in [6.45, 7) is 3.74. The van der Waals surface area contributed by atoms with Crippen molar-refractivity contribution in [3.8, 4) is 0 Å². The third-order valence-electron chi connectivity index (χ3n) is 3.21. The van der Waals surface area contributed by atoms with Gasteiger partial charge in [-0.15, -0.1) is 0 Å². The number of carbonyl (C=O) groups excluding carboxylic acids is 2. The van der Waals surface area contributed by atoms with E-state index in [9.17, 15) is 9.59 Å². The summed E-state index contributed by atoms with van der Waals surface area (Å²) in [5.74, 6) is -0.280. The minimum absolute atomic E-state index is 0.120. The van der Waals surface area contributed by atoms with Gasteiger partial charge in [0.05, 0.1) is 6.42 Å². The van der Waals surface area contributed by atoms with E-state index >= 15 is 0 Å². The van der Waals surface area contributed by atoms with E-state index < -0.39 is 0 Å². The molecule has 0 aromatic heterocycles. The maximum atomic E-state index is 11.9. The summed E-state index contributed by atoms with van der Waals surface area (Å²) in [4.78, 5) is 25.4. The average molecular weight is 318 g/mol. The zero-order valence-corrected chi connectivity index (χ0v) is 14.3. The van der Waals surface area contributed by atoms with Crippen LogP contribution in [0.25, 0.3) is 0 Å². The molecule has 1 aromatic rings. The number of anilines is 2. The fourth-order valence-electron chi connectivity index (χ4n) is 1.87. The maximum Gasteiger partial charge on any atom is 0.240 e. The van der Waals surface area contributed by atoms with Crippen LogP contribution in [0.3, 0.4) is 0 Å². The van der Waals surface area contributed by atoms with Gasteiger partial charge in [0.1, 0.15) is 0 Å². The zero-order valence-electron chi connectivity index (χ0n) is 14.3. The Hall–Kier alpha value is -2.37. The molecule has 1 aromatic carbocycles. The van der Waals surface area contributed by atoms with E-state index in [0.717, 1.165) is 24.2 Å². The van der Waals surface area contributed by atoms with Crippen molar-refractivity contribution in [2.24, 2.45) is 5.10 Å². The van der Waals surface area contributed by atoms with Gasteiger partial charge in [-0.2, -0.15) is 5.10 Å². The van der Waals surface area contributed by atoms with Gasteiger partial charge in [-0.1, -0.05) is 13.3 Å². The number of rotatable bonds is 8. The van der Waals surface area contributed by atoms with Gasteiger partial charge >= 0.3 is 0 Å². The maximum absolute atomic E-state index is 11.9. The van der Waals surface area contributed by atoms with E-state index in [1.807, 2.05) is 50.2 Å². The van der Waals surface area contributed by atoms with Gasteiger partial charge in [0, 0.05) is 37.6 Å². The molecule has 0 fully saturated rings. The van der Waals surface area contributed by atoms with Crippen molar-refractivity contribution in [1.82, 2.24) is 5.43 Å². The lowest BCUT2D eigenvalue weighted by atomic mass is 10.2. The molecule has 0 heterocycles. The third kappa shape index (κ3) is 7.44. The number of benzene rings is 1. The standard InChI is InChI=1S/C17H26N4O2/c1-5-6-7-16(22)20-19-13(2)12-17(23)18-14-8-10-15(11-9-14)21(3)4/h8-11H,5-7,12H2,1-4H3,(H,18,23)(H,20,22). The van der Waals surface area contributed by atoms with Crippen LogP contribution in [0.2, 0.25) is 0 Å². The van der Waals surface area contributed by atoms with Crippen molar-refractivity contribution in [2.75, 3.05) is 24.3 Å². The summed E-state index contributed by atoms with van der Waals surface area (Å²) in [6.07, 6.45) is 2.40. The zero-order chi connectivity index (χ0) is 17.2. The van der Waals surface area contributed by atoms with Crippen LogP contribution in [-0.4, -0.2) is 31.6 Å². The molecule has 23 heavy (non-hydrogen) atoms. The number of hydrogen-bond acceptors (Lipinski definition) is 4. The highest BCUT2D eigenvalue weighted by Gasteiger charge is 2.06. The van der Waals surface area contributed by atoms with Crippen LogP contribution >= 0.6 is 0 Å². The Morgan fingerprint density at radius 1 is 1.13 bits per heavy atom. The molecule has 0 saturated carbocycles. The van der Waals surface area contributed by atoms with E-state index in [1.165, 1.54) is 0 Å². The van der Waals surface area contributed by atoms with Gasteiger partial charge in [0.15, 0.2) is 0 Å². The molecule has 0 aliphatic heterocycles. The van der Waals surface area contributed by atoms with Gasteiger partial charge in [-0.25, -0.2) is 5.43 Å². The summed E-state index contributed by atoms with van der Waals surface area (Å²) >= 11 is 0. The third-order valence-corrected chi connectivity index (χ3v) is 3.21. The summed E-state index contributed by atoms with van der Waals surface area (Å²) in [5.41, 5.74) is 4.84. The molecule has 0 aliphatic rings. The smallest absolute Gasteiger partial charge is 0.240 e. The molecule has 0 saturated heterocycles. The molecule has 2 amide bonds. The molecule has 126 valence electrons. The number of nitrogens with zero attached hydrogens (tertiary/aromatic N) is 2. The van der Waals surface area contributed by atoms with E-state index in [1.54, 1.807) is 6.92 Å². The van der Waals surface area contributed by atoms with E-state index in [-0.39, 0.29) is 18.2 Å². The Kier molecular flexibility index (Phi) is 7.80. The quantitative estimate of drug-likeness (QED) is 0.572. The van der Waals surface area contributed by atoms with Crippen LogP contribution in [0.4, 0.5) is 11.4 Å². The predicted molar refractivity (Wildman–Crippen MR) is 94.8 cm³/mol. The van der Waals surface area contributed by atoms with Gasteiger partial charge in [-0.05, 0) is 37.6 Å². The van der Waals surface area contributed by atoms with E-state index in [2.05, 4.69) is 15.8 Å². The van der Waals surface area contributed by atoms with Crippen LogP contribution in [0.15, 0.2) is 29.4 Å². The number of unbranched alkanes of at least 4 members (excludes halogenated alkanes) is 1. The number of carbonyl (C=O) groups is 2. The van der Waals surface area contributed by atoms with Crippen LogP contribution in [0.1, 0.15) is 39.5 Å². The van der Waals surface area contributed by atoms with Crippen molar-refractivity contribution in [2.45, 2.75) is 39.5 Å². The van der Waals surface area contributed by atoms with Crippen molar-refractivity contribution in [3.63, 3.8) is 0 Å². The second-order valence-corrected chi connectivity index (χ2v) is 5.65. The lowest BCUT2D eigenvalue weighted by Gasteiger charge is -2.13. The summed E-state index contributed by atoms with van der Waals surface area (Å²) in [6, 6.07) is 7.58. The highest BCUT2D eigenvalue weighted by atomic mass is 16.2. The Bertz CT molecular complexity index is 550. The second kappa shape index (κ2) is 9.61. The normalized spacial score (nSPS) is 11.0. The monoisotopic (exact) mass is 318 g/mol. The lowest BCUT2D eigenvalue weighted by molar-refractivity contribution is -0.121. The highest BCUT2D eigenvalue weighted by molar-refractivity contribution is 6.05. The summed E-state index contributed by atoms with van der Waals surface area (Å²) < 4.78 is 0.